The highest BCUT2D eigenvalue weighted by atomic mass is 19.1. The minimum Gasteiger partial charge on any atom is -0.465 e. The number of amides is 1. The molecular weight excluding hydrogens is 441 g/mol. The summed E-state index contributed by atoms with van der Waals surface area (Å²) in [5.41, 5.74) is 5.43. The number of carbonyl (C=O) groups is 2. The Morgan fingerprint density at radius 2 is 1.88 bits per heavy atom. The first kappa shape index (κ1) is 21.4. The van der Waals surface area contributed by atoms with Crippen LogP contribution >= 0.6 is 0 Å². The minimum atomic E-state index is -1.89. The van der Waals surface area contributed by atoms with Gasteiger partial charge in [0.25, 0.3) is 5.56 Å². The number of nitrogens with one attached hydrogen (secondary N) is 1. The van der Waals surface area contributed by atoms with E-state index in [1.165, 1.54) is 17.0 Å². The normalized spacial score (nSPS) is 18.6. The summed E-state index contributed by atoms with van der Waals surface area (Å²) in [5, 5.41) is 0. The number of carbonyl (C=O) groups excluding carboxylic acids is 2. The van der Waals surface area contributed by atoms with Crippen molar-refractivity contribution in [2.24, 2.45) is 5.73 Å². The van der Waals surface area contributed by atoms with Gasteiger partial charge in [0.15, 0.2) is 0 Å². The van der Waals surface area contributed by atoms with Crippen molar-refractivity contribution in [1.29, 1.82) is 0 Å². The van der Waals surface area contributed by atoms with Crippen LogP contribution in [0.3, 0.4) is 0 Å². The van der Waals surface area contributed by atoms with Gasteiger partial charge in [-0.05, 0) is 30.7 Å². The summed E-state index contributed by atoms with van der Waals surface area (Å²) in [4.78, 5) is 44.8. The molecule has 1 spiro atoms. The molecule has 1 amide bonds. The van der Waals surface area contributed by atoms with Crippen molar-refractivity contribution in [3.8, 4) is 5.75 Å². The zero-order valence-corrected chi connectivity index (χ0v) is 18.3. The van der Waals surface area contributed by atoms with E-state index in [0.29, 0.717) is 22.5 Å². The predicted octanol–water partition coefficient (Wildman–Crippen LogP) is 2.39. The number of hydrogen-bond acceptors (Lipinski definition) is 6. The molecule has 3 heterocycles. The maximum atomic E-state index is 14.3. The van der Waals surface area contributed by atoms with Gasteiger partial charge in [0, 0.05) is 23.0 Å². The number of benzene rings is 2. The fourth-order valence-corrected chi connectivity index (χ4v) is 4.79. The van der Waals surface area contributed by atoms with E-state index in [2.05, 4.69) is 4.98 Å². The molecule has 9 heteroatoms. The summed E-state index contributed by atoms with van der Waals surface area (Å²) in [6.07, 6.45) is 0. The SMILES string of the molecule is COC(=O)C1=C(N)Oc2cc(C)[nH]c(=O)c2[C@]12C(=O)N(Cc1ccc(F)cc1)c1ccccc12. The van der Waals surface area contributed by atoms with Crippen LogP contribution in [-0.2, 0) is 26.3 Å². The third-order valence-electron chi connectivity index (χ3n) is 6.16. The fraction of sp³-hybridized carbons (Fsp3) is 0.160. The third kappa shape index (κ3) is 2.86. The Labute approximate surface area is 193 Å². The van der Waals surface area contributed by atoms with Gasteiger partial charge in [-0.3, -0.25) is 9.59 Å². The number of aromatic amines is 1. The lowest BCUT2D eigenvalue weighted by Gasteiger charge is -2.35. The van der Waals surface area contributed by atoms with Crippen LogP contribution in [0.5, 0.6) is 5.75 Å². The van der Waals surface area contributed by atoms with Gasteiger partial charge in [0.2, 0.25) is 11.8 Å². The highest BCUT2D eigenvalue weighted by Gasteiger charge is 2.62. The molecule has 0 unspecified atom stereocenters. The van der Waals surface area contributed by atoms with Gasteiger partial charge in [-0.2, -0.15) is 0 Å². The van der Waals surface area contributed by atoms with E-state index in [1.807, 2.05) is 0 Å². The molecule has 0 fully saturated rings. The standard InChI is InChI=1S/C25H20FN3O5/c1-13-11-18-19(22(30)28-13)25(20(21(27)34-18)23(31)33-2)16-5-3-4-6-17(16)29(24(25)32)12-14-7-9-15(26)10-8-14/h3-11H,12,27H2,1-2H3,(H,28,30)/t25-/m0/s1. The fourth-order valence-electron chi connectivity index (χ4n) is 4.79. The molecule has 0 aliphatic carbocycles. The molecule has 5 rings (SSSR count). The maximum absolute atomic E-state index is 14.3. The van der Waals surface area contributed by atoms with Crippen molar-refractivity contribution < 1.29 is 23.5 Å². The molecule has 1 aromatic heterocycles. The van der Waals surface area contributed by atoms with E-state index in [9.17, 15) is 18.8 Å². The number of rotatable bonds is 3. The first-order valence-electron chi connectivity index (χ1n) is 10.5. The van der Waals surface area contributed by atoms with E-state index in [1.54, 1.807) is 49.4 Å². The van der Waals surface area contributed by atoms with Crippen molar-refractivity contribution in [3.05, 3.63) is 105 Å². The number of ether oxygens (including phenoxy) is 2. The summed E-state index contributed by atoms with van der Waals surface area (Å²) in [6, 6.07) is 14.1. The lowest BCUT2D eigenvalue weighted by Crippen LogP contribution is -2.51. The van der Waals surface area contributed by atoms with Gasteiger partial charge in [0.1, 0.15) is 22.6 Å². The largest absolute Gasteiger partial charge is 0.465 e. The zero-order chi connectivity index (χ0) is 24.2. The Morgan fingerprint density at radius 1 is 1.18 bits per heavy atom. The van der Waals surface area contributed by atoms with E-state index in [-0.39, 0.29) is 29.3 Å². The number of esters is 1. The molecule has 8 nitrogen and oxygen atoms in total. The first-order valence-corrected chi connectivity index (χ1v) is 10.5. The van der Waals surface area contributed by atoms with Crippen LogP contribution in [0.2, 0.25) is 0 Å². The van der Waals surface area contributed by atoms with Gasteiger partial charge in [-0.25, -0.2) is 9.18 Å². The smallest absolute Gasteiger partial charge is 0.340 e. The quantitative estimate of drug-likeness (QED) is 0.579. The molecule has 2 aliphatic heterocycles. The van der Waals surface area contributed by atoms with Crippen LogP contribution in [0.1, 0.15) is 22.4 Å². The number of H-pyrrole nitrogens is 1. The minimum absolute atomic E-state index is 0.0493. The Morgan fingerprint density at radius 3 is 2.59 bits per heavy atom. The Kier molecular flexibility index (Phi) is 4.78. The van der Waals surface area contributed by atoms with Crippen molar-refractivity contribution >= 4 is 17.6 Å². The third-order valence-corrected chi connectivity index (χ3v) is 6.16. The molecule has 3 aromatic rings. The molecule has 0 bridgehead atoms. The van der Waals surface area contributed by atoms with Crippen LogP contribution in [0.4, 0.5) is 10.1 Å². The molecule has 2 aliphatic rings. The molecule has 0 saturated carbocycles. The molecule has 1 atom stereocenters. The maximum Gasteiger partial charge on any atom is 0.340 e. The summed E-state index contributed by atoms with van der Waals surface area (Å²) < 4.78 is 24.1. The molecule has 0 saturated heterocycles. The van der Waals surface area contributed by atoms with Gasteiger partial charge in [0.05, 0.1) is 19.2 Å². The average molecular weight is 461 g/mol. The number of fused-ring (bicyclic) bond motifs is 4. The van der Waals surface area contributed by atoms with Crippen molar-refractivity contribution in [2.45, 2.75) is 18.9 Å². The predicted molar refractivity (Wildman–Crippen MR) is 120 cm³/mol. The second-order valence-corrected chi connectivity index (χ2v) is 8.14. The number of pyridine rings is 1. The van der Waals surface area contributed by atoms with Gasteiger partial charge in [-0.15, -0.1) is 0 Å². The summed E-state index contributed by atoms with van der Waals surface area (Å²) in [5.74, 6) is -2.11. The Hall–Kier alpha value is -4.40. The number of nitrogens with two attached hydrogens (primary N) is 1. The van der Waals surface area contributed by atoms with Crippen LogP contribution < -0.4 is 20.9 Å². The van der Waals surface area contributed by atoms with Crippen molar-refractivity contribution in [2.75, 3.05) is 12.0 Å². The van der Waals surface area contributed by atoms with Gasteiger partial charge < -0.3 is 25.1 Å². The number of nitrogens with zero attached hydrogens (tertiary/aromatic N) is 1. The van der Waals surface area contributed by atoms with Crippen molar-refractivity contribution in [1.82, 2.24) is 4.98 Å². The van der Waals surface area contributed by atoms with E-state index < -0.39 is 28.7 Å². The first-order chi connectivity index (χ1) is 16.3. The number of hydrogen-bond donors (Lipinski definition) is 2. The lowest BCUT2D eigenvalue weighted by atomic mass is 9.68. The molecule has 0 radical (unpaired) electrons. The van der Waals surface area contributed by atoms with E-state index >= 15 is 0 Å². The number of anilines is 1. The second kappa shape index (κ2) is 7.58. The summed E-state index contributed by atoms with van der Waals surface area (Å²) in [7, 11) is 1.16. The summed E-state index contributed by atoms with van der Waals surface area (Å²) in [6.45, 7) is 1.74. The molecule has 34 heavy (non-hydrogen) atoms. The summed E-state index contributed by atoms with van der Waals surface area (Å²) >= 11 is 0. The van der Waals surface area contributed by atoms with Crippen LogP contribution in [0.15, 0.2) is 70.8 Å². The number of halogens is 1. The van der Waals surface area contributed by atoms with E-state index in [0.717, 1.165) is 7.11 Å². The second-order valence-electron chi connectivity index (χ2n) is 8.14. The molecule has 172 valence electrons. The van der Waals surface area contributed by atoms with E-state index in [4.69, 9.17) is 15.2 Å². The zero-order valence-electron chi connectivity index (χ0n) is 18.3. The number of methoxy groups -OCH3 is 1. The number of para-hydroxylation sites is 1. The molecule has 3 N–H and O–H groups in total. The van der Waals surface area contributed by atoms with Crippen LogP contribution in [-0.4, -0.2) is 24.0 Å². The molecular formula is C25H20FN3O5. The average Bonchev–Trinajstić information content (AvgIpc) is 3.03. The monoisotopic (exact) mass is 461 g/mol. The Bertz CT molecular complexity index is 1440. The van der Waals surface area contributed by atoms with Crippen LogP contribution in [0.25, 0.3) is 0 Å². The van der Waals surface area contributed by atoms with Gasteiger partial charge >= 0.3 is 5.97 Å². The van der Waals surface area contributed by atoms with Crippen molar-refractivity contribution in [3.63, 3.8) is 0 Å². The molecule has 2 aromatic carbocycles. The number of aromatic nitrogens is 1. The highest BCUT2D eigenvalue weighted by molar-refractivity contribution is 6.18. The lowest BCUT2D eigenvalue weighted by molar-refractivity contribution is -0.138. The number of aryl methyl sites for hydroxylation is 1. The van der Waals surface area contributed by atoms with Crippen LogP contribution in [0, 0.1) is 12.7 Å². The Balaban J connectivity index is 1.83. The topological polar surface area (TPSA) is 115 Å². The van der Waals surface area contributed by atoms with Gasteiger partial charge in [-0.1, -0.05) is 30.3 Å². The highest BCUT2D eigenvalue weighted by Crippen LogP contribution is 2.54.